The number of nitrogens with one attached hydrogen (secondary N) is 1. The first-order valence-corrected chi connectivity index (χ1v) is 13.6. The number of aromatic nitrogens is 3. The molecule has 1 saturated carbocycles. The first-order chi connectivity index (χ1) is 19.4. The van der Waals surface area contributed by atoms with Crippen LogP contribution < -0.4 is 19.7 Å². The van der Waals surface area contributed by atoms with Crippen molar-refractivity contribution in [3.8, 4) is 11.5 Å². The second kappa shape index (κ2) is 11.8. The summed E-state index contributed by atoms with van der Waals surface area (Å²) in [5.74, 6) is 0.493. The zero-order valence-corrected chi connectivity index (χ0v) is 23.4. The van der Waals surface area contributed by atoms with Crippen LogP contribution in [0.15, 0.2) is 60.7 Å². The van der Waals surface area contributed by atoms with Gasteiger partial charge in [0.05, 0.1) is 19.7 Å². The highest BCUT2D eigenvalue weighted by molar-refractivity contribution is 6.02. The number of amides is 2. The third-order valence-corrected chi connectivity index (χ3v) is 7.53. The van der Waals surface area contributed by atoms with Crippen molar-refractivity contribution < 1.29 is 19.1 Å². The lowest BCUT2D eigenvalue weighted by Gasteiger charge is -2.34. The van der Waals surface area contributed by atoms with Crippen LogP contribution in [0.5, 0.6) is 11.5 Å². The van der Waals surface area contributed by atoms with Crippen molar-refractivity contribution in [3.05, 3.63) is 77.4 Å². The number of methoxy groups -OCH3 is 2. The second-order valence-corrected chi connectivity index (χ2v) is 10.3. The molecule has 1 fully saturated rings. The van der Waals surface area contributed by atoms with E-state index in [-0.39, 0.29) is 24.4 Å². The number of carbonyl (C=O) groups is 2. The monoisotopic (exact) mass is 541 g/mol. The molecule has 1 heterocycles. The molecule has 0 bridgehead atoms. The van der Waals surface area contributed by atoms with Crippen LogP contribution in [0, 0.1) is 13.8 Å². The van der Waals surface area contributed by atoms with Gasteiger partial charge in [-0.25, -0.2) is 4.68 Å². The second-order valence-electron chi connectivity index (χ2n) is 10.3. The van der Waals surface area contributed by atoms with Crippen molar-refractivity contribution in [2.45, 2.75) is 58.2 Å². The van der Waals surface area contributed by atoms with E-state index in [1.165, 1.54) is 0 Å². The molecule has 2 amide bonds. The Balaban J connectivity index is 1.65. The summed E-state index contributed by atoms with van der Waals surface area (Å²) in [6, 6.07) is 17.7. The van der Waals surface area contributed by atoms with Gasteiger partial charge in [0.2, 0.25) is 11.8 Å². The fraction of sp³-hybridized carbons (Fsp3) is 0.355. The number of nitrogens with zero attached hydrogens (tertiary/aromatic N) is 4. The van der Waals surface area contributed by atoms with Crippen molar-refractivity contribution in [2.24, 2.45) is 0 Å². The Morgan fingerprint density at radius 1 is 1.02 bits per heavy atom. The topological polar surface area (TPSA) is 98.6 Å². The quantitative estimate of drug-likeness (QED) is 0.324. The van der Waals surface area contributed by atoms with Gasteiger partial charge in [-0.2, -0.15) is 0 Å². The summed E-state index contributed by atoms with van der Waals surface area (Å²) in [6.07, 6.45) is 3.97. The minimum atomic E-state index is -0.995. The fourth-order valence-corrected chi connectivity index (χ4v) is 5.52. The molecular formula is C31H35N5O4. The normalized spacial score (nSPS) is 14.2. The van der Waals surface area contributed by atoms with Crippen LogP contribution >= 0.6 is 0 Å². The van der Waals surface area contributed by atoms with Gasteiger partial charge in [0.15, 0.2) is 0 Å². The zero-order valence-electron chi connectivity index (χ0n) is 23.4. The van der Waals surface area contributed by atoms with E-state index >= 15 is 0 Å². The molecule has 208 valence electrons. The molecule has 0 unspecified atom stereocenters. The Hall–Kier alpha value is -4.40. The van der Waals surface area contributed by atoms with Gasteiger partial charge in [0, 0.05) is 23.4 Å². The number of fused-ring (bicyclic) bond motifs is 1. The summed E-state index contributed by atoms with van der Waals surface area (Å²) < 4.78 is 12.7. The standard InChI is InChI=1S/C31H35N5O4/c1-20-13-16-26(21(2)17-20)36(29(37)19-35-27-12-8-7-11-25(27)33-34-35)30(31(38)32-22-9-5-6-10-22)24-15-14-23(39-3)18-28(24)40-4/h7-8,11-18,22,30H,5-6,9-10,19H2,1-4H3,(H,32,38)/t30-/m1/s1. The van der Waals surface area contributed by atoms with Crippen LogP contribution in [0.1, 0.15) is 48.4 Å². The molecule has 1 atom stereocenters. The third kappa shape index (κ3) is 5.50. The minimum absolute atomic E-state index is 0.0644. The van der Waals surface area contributed by atoms with Crippen LogP contribution in [0.2, 0.25) is 0 Å². The lowest BCUT2D eigenvalue weighted by Crippen LogP contribution is -2.47. The van der Waals surface area contributed by atoms with E-state index in [2.05, 4.69) is 15.6 Å². The predicted octanol–water partition coefficient (Wildman–Crippen LogP) is 4.90. The van der Waals surface area contributed by atoms with Crippen LogP contribution in [0.3, 0.4) is 0 Å². The number of benzene rings is 3. The molecule has 9 nitrogen and oxygen atoms in total. The SMILES string of the molecule is COc1ccc([C@H](C(=O)NC2CCCC2)N(C(=O)Cn2nnc3ccccc32)c2ccc(C)cc2C)c(OC)c1. The van der Waals surface area contributed by atoms with E-state index in [0.29, 0.717) is 28.3 Å². The number of para-hydroxylation sites is 1. The number of rotatable bonds is 9. The van der Waals surface area contributed by atoms with Gasteiger partial charge in [-0.05, 0) is 62.6 Å². The summed E-state index contributed by atoms with van der Waals surface area (Å²) in [7, 11) is 3.13. The summed E-state index contributed by atoms with van der Waals surface area (Å²) >= 11 is 0. The zero-order chi connectivity index (χ0) is 28.2. The largest absolute Gasteiger partial charge is 0.497 e. The van der Waals surface area contributed by atoms with Gasteiger partial charge >= 0.3 is 0 Å². The highest BCUT2D eigenvalue weighted by Gasteiger charge is 2.37. The number of aryl methyl sites for hydroxylation is 2. The summed E-state index contributed by atoms with van der Waals surface area (Å²) in [6.45, 7) is 3.85. The summed E-state index contributed by atoms with van der Waals surface area (Å²) in [5.41, 5.74) is 4.58. The molecular weight excluding hydrogens is 506 g/mol. The third-order valence-electron chi connectivity index (χ3n) is 7.53. The lowest BCUT2D eigenvalue weighted by molar-refractivity contribution is -0.127. The maximum atomic E-state index is 14.4. The highest BCUT2D eigenvalue weighted by Crippen LogP contribution is 2.37. The van der Waals surface area contributed by atoms with Crippen molar-refractivity contribution in [2.75, 3.05) is 19.1 Å². The van der Waals surface area contributed by atoms with Gasteiger partial charge in [-0.15, -0.1) is 5.10 Å². The predicted molar refractivity (Wildman–Crippen MR) is 154 cm³/mol. The highest BCUT2D eigenvalue weighted by atomic mass is 16.5. The Labute approximate surface area is 234 Å². The number of ether oxygens (including phenoxy) is 2. The molecule has 0 saturated heterocycles. The van der Waals surface area contributed by atoms with Crippen LogP contribution in [-0.4, -0.2) is 47.1 Å². The first kappa shape index (κ1) is 27.2. The van der Waals surface area contributed by atoms with Gasteiger partial charge in [-0.3, -0.25) is 14.5 Å². The van der Waals surface area contributed by atoms with E-state index in [1.807, 2.05) is 56.3 Å². The Morgan fingerprint density at radius 3 is 2.52 bits per heavy atom. The average Bonchev–Trinajstić information content (AvgIpc) is 3.62. The molecule has 1 N–H and O–H groups in total. The number of hydrogen-bond acceptors (Lipinski definition) is 6. The van der Waals surface area contributed by atoms with Crippen molar-refractivity contribution >= 4 is 28.5 Å². The smallest absolute Gasteiger partial charge is 0.249 e. The molecule has 1 aromatic heterocycles. The Morgan fingerprint density at radius 2 is 1.80 bits per heavy atom. The van der Waals surface area contributed by atoms with Crippen LogP contribution in [0.25, 0.3) is 11.0 Å². The molecule has 0 spiro atoms. The van der Waals surface area contributed by atoms with E-state index in [4.69, 9.17) is 9.47 Å². The van der Waals surface area contributed by atoms with Crippen LogP contribution in [0.4, 0.5) is 5.69 Å². The molecule has 0 aliphatic heterocycles. The molecule has 1 aliphatic carbocycles. The number of hydrogen-bond donors (Lipinski definition) is 1. The minimum Gasteiger partial charge on any atom is -0.497 e. The number of anilines is 1. The van der Waals surface area contributed by atoms with Crippen LogP contribution in [-0.2, 0) is 16.1 Å². The molecule has 0 radical (unpaired) electrons. The maximum Gasteiger partial charge on any atom is 0.249 e. The molecule has 4 aromatic rings. The van der Waals surface area contributed by atoms with Gasteiger partial charge in [0.1, 0.15) is 29.6 Å². The molecule has 40 heavy (non-hydrogen) atoms. The summed E-state index contributed by atoms with van der Waals surface area (Å²) in [4.78, 5) is 30.2. The van der Waals surface area contributed by atoms with Gasteiger partial charge in [-0.1, -0.05) is 47.9 Å². The van der Waals surface area contributed by atoms with Crippen molar-refractivity contribution in [3.63, 3.8) is 0 Å². The molecule has 9 heteroatoms. The Bertz CT molecular complexity index is 1530. The molecule has 3 aromatic carbocycles. The first-order valence-electron chi connectivity index (χ1n) is 13.6. The molecule has 5 rings (SSSR count). The lowest BCUT2D eigenvalue weighted by atomic mass is 9.99. The molecule has 1 aliphatic rings. The van der Waals surface area contributed by atoms with E-state index in [9.17, 15) is 9.59 Å². The number of carbonyl (C=O) groups excluding carboxylic acids is 2. The average molecular weight is 542 g/mol. The fourth-order valence-electron chi connectivity index (χ4n) is 5.52. The van der Waals surface area contributed by atoms with Crippen molar-refractivity contribution in [1.82, 2.24) is 20.3 Å². The van der Waals surface area contributed by atoms with E-state index in [0.717, 1.165) is 42.3 Å². The van der Waals surface area contributed by atoms with E-state index < -0.39 is 6.04 Å². The van der Waals surface area contributed by atoms with E-state index in [1.54, 1.807) is 42.0 Å². The van der Waals surface area contributed by atoms with Gasteiger partial charge < -0.3 is 14.8 Å². The summed E-state index contributed by atoms with van der Waals surface area (Å²) in [5, 5.41) is 11.7. The Kier molecular flexibility index (Phi) is 8.00. The van der Waals surface area contributed by atoms with Crippen molar-refractivity contribution in [1.29, 1.82) is 0 Å². The van der Waals surface area contributed by atoms with Gasteiger partial charge in [0.25, 0.3) is 0 Å². The maximum absolute atomic E-state index is 14.4.